The minimum absolute atomic E-state index is 0.0109. The normalized spacial score (nSPS) is 19.6. The highest BCUT2D eigenvalue weighted by Gasteiger charge is 2.43. The van der Waals surface area contributed by atoms with Crippen LogP contribution in [-0.4, -0.2) is 34.5 Å². The van der Waals surface area contributed by atoms with Crippen LogP contribution in [0.5, 0.6) is 5.75 Å². The number of phenols is 1. The number of ether oxygens (including phenoxy) is 1. The van der Waals surface area contributed by atoms with E-state index >= 15 is 0 Å². The van der Waals surface area contributed by atoms with Gasteiger partial charge in [-0.25, -0.2) is 4.79 Å². The van der Waals surface area contributed by atoms with Gasteiger partial charge in [0.25, 0.3) is 0 Å². The van der Waals surface area contributed by atoms with Crippen molar-refractivity contribution in [2.45, 2.75) is 58.8 Å². The molecule has 0 radical (unpaired) electrons. The van der Waals surface area contributed by atoms with E-state index in [0.29, 0.717) is 23.3 Å². The van der Waals surface area contributed by atoms with E-state index in [-0.39, 0.29) is 41.7 Å². The molecule has 0 saturated carbocycles. The van der Waals surface area contributed by atoms with E-state index in [0.717, 1.165) is 22.3 Å². The number of benzene rings is 2. The lowest BCUT2D eigenvalue weighted by atomic mass is 9.70. The summed E-state index contributed by atoms with van der Waals surface area (Å²) < 4.78 is 5.30. The first kappa shape index (κ1) is 25.2. The van der Waals surface area contributed by atoms with Crippen LogP contribution in [0.25, 0.3) is 0 Å². The summed E-state index contributed by atoms with van der Waals surface area (Å²) in [6.07, 6.45) is 0.340. The van der Waals surface area contributed by atoms with Crippen molar-refractivity contribution in [2.24, 2.45) is 0 Å². The number of carbonyl (C=O) groups excluding carboxylic acids is 2. The van der Waals surface area contributed by atoms with Gasteiger partial charge in [0.15, 0.2) is 5.78 Å². The number of carboxylic acid groups (broad SMARTS) is 1. The van der Waals surface area contributed by atoms with Crippen LogP contribution >= 0.6 is 0 Å². The third-order valence-corrected chi connectivity index (χ3v) is 6.89. The van der Waals surface area contributed by atoms with Crippen LogP contribution in [0.1, 0.15) is 65.8 Å². The Labute approximate surface area is 210 Å². The monoisotopic (exact) mass is 489 g/mol. The van der Waals surface area contributed by atoms with Gasteiger partial charge in [-0.15, -0.1) is 0 Å². The van der Waals surface area contributed by atoms with Crippen molar-refractivity contribution < 1.29 is 29.3 Å². The summed E-state index contributed by atoms with van der Waals surface area (Å²) in [4.78, 5) is 38.7. The number of allylic oxidation sites excluding steroid dienone is 2. The van der Waals surface area contributed by atoms with Crippen molar-refractivity contribution in [3.8, 4) is 5.75 Å². The minimum Gasteiger partial charge on any atom is -0.508 e. The predicted octanol–water partition coefficient (Wildman–Crippen LogP) is 4.70. The fourth-order valence-electron chi connectivity index (χ4n) is 5.77. The van der Waals surface area contributed by atoms with Crippen molar-refractivity contribution in [3.05, 3.63) is 86.8 Å². The molecule has 36 heavy (non-hydrogen) atoms. The number of Topliss-reactive ketones (excluding diaryl/α,β-unsaturated/α-hetero) is 1. The van der Waals surface area contributed by atoms with Crippen molar-refractivity contribution in [2.75, 3.05) is 6.61 Å². The van der Waals surface area contributed by atoms with E-state index in [2.05, 4.69) is 17.4 Å². The molecular weight excluding hydrogens is 458 g/mol. The van der Waals surface area contributed by atoms with Crippen LogP contribution in [0.15, 0.2) is 58.9 Å². The average molecular weight is 490 g/mol. The second-order valence-corrected chi connectivity index (χ2v) is 9.57. The van der Waals surface area contributed by atoms with Crippen molar-refractivity contribution in [3.63, 3.8) is 0 Å². The van der Waals surface area contributed by atoms with E-state index in [1.165, 1.54) is 12.1 Å². The Balaban J connectivity index is 1.89. The summed E-state index contributed by atoms with van der Waals surface area (Å²) >= 11 is 0. The van der Waals surface area contributed by atoms with Gasteiger partial charge in [-0.05, 0) is 74.4 Å². The smallest absolute Gasteiger partial charge is 0.336 e. The lowest BCUT2D eigenvalue weighted by molar-refractivity contribution is -0.138. The SMILES string of the molecule is CCOC(=O)C1=C(CC(=O)O)NC2=C(C(=O)CC(c3c(C)cc(C)cc3C)C2)C1c1cccc(O)c1. The molecule has 188 valence electrons. The molecular formula is C29H31NO6. The molecule has 0 spiro atoms. The van der Waals surface area contributed by atoms with Gasteiger partial charge >= 0.3 is 11.9 Å². The molecule has 2 aromatic carbocycles. The number of esters is 1. The van der Waals surface area contributed by atoms with Gasteiger partial charge in [0.2, 0.25) is 0 Å². The molecule has 0 fully saturated rings. The first-order valence-corrected chi connectivity index (χ1v) is 12.1. The maximum Gasteiger partial charge on any atom is 0.336 e. The number of hydrogen-bond acceptors (Lipinski definition) is 6. The third-order valence-electron chi connectivity index (χ3n) is 6.89. The Bertz CT molecular complexity index is 1300. The number of carbonyl (C=O) groups is 3. The number of ketones is 1. The molecule has 7 heteroatoms. The van der Waals surface area contributed by atoms with Gasteiger partial charge in [0.05, 0.1) is 18.6 Å². The van der Waals surface area contributed by atoms with Gasteiger partial charge in [0.1, 0.15) is 5.75 Å². The number of aryl methyl sites for hydroxylation is 3. The van der Waals surface area contributed by atoms with Crippen LogP contribution in [-0.2, 0) is 19.1 Å². The maximum atomic E-state index is 13.8. The summed E-state index contributed by atoms with van der Waals surface area (Å²) in [5.41, 5.74) is 6.38. The Morgan fingerprint density at radius 1 is 1.08 bits per heavy atom. The Hall–Kier alpha value is -3.87. The van der Waals surface area contributed by atoms with Crippen LogP contribution in [0.3, 0.4) is 0 Å². The van der Waals surface area contributed by atoms with Crippen LogP contribution in [0.4, 0.5) is 0 Å². The molecule has 0 saturated heterocycles. The largest absolute Gasteiger partial charge is 0.508 e. The predicted molar refractivity (Wildman–Crippen MR) is 135 cm³/mol. The lowest BCUT2D eigenvalue weighted by Crippen LogP contribution is -2.37. The molecule has 2 aromatic rings. The Morgan fingerprint density at radius 3 is 2.39 bits per heavy atom. The van der Waals surface area contributed by atoms with Gasteiger partial charge in [-0.1, -0.05) is 29.8 Å². The van der Waals surface area contributed by atoms with E-state index in [1.54, 1.807) is 19.1 Å². The number of rotatable bonds is 6. The molecule has 4 rings (SSSR count). The fourth-order valence-corrected chi connectivity index (χ4v) is 5.77. The van der Waals surface area contributed by atoms with Gasteiger partial charge in [-0.3, -0.25) is 9.59 Å². The first-order chi connectivity index (χ1) is 17.1. The summed E-state index contributed by atoms with van der Waals surface area (Å²) in [5.74, 6) is -2.83. The van der Waals surface area contributed by atoms with E-state index < -0.39 is 24.3 Å². The number of aliphatic carboxylic acids is 1. The number of nitrogens with one attached hydrogen (secondary N) is 1. The highest BCUT2D eigenvalue weighted by molar-refractivity contribution is 6.04. The topological polar surface area (TPSA) is 113 Å². The number of carboxylic acids is 1. The second-order valence-electron chi connectivity index (χ2n) is 9.57. The van der Waals surface area contributed by atoms with Crippen LogP contribution in [0.2, 0.25) is 0 Å². The molecule has 0 aromatic heterocycles. The van der Waals surface area contributed by atoms with E-state index in [9.17, 15) is 24.6 Å². The minimum atomic E-state index is -1.11. The van der Waals surface area contributed by atoms with E-state index in [4.69, 9.17) is 4.74 Å². The molecule has 2 aliphatic rings. The van der Waals surface area contributed by atoms with E-state index in [1.807, 2.05) is 20.8 Å². The number of phenolic OH excluding ortho intramolecular Hbond substituents is 1. The zero-order chi connectivity index (χ0) is 26.1. The number of aromatic hydroxyl groups is 1. The average Bonchev–Trinajstić information content (AvgIpc) is 2.77. The maximum absolute atomic E-state index is 13.8. The van der Waals surface area contributed by atoms with Gasteiger partial charge < -0.3 is 20.3 Å². The molecule has 1 heterocycles. The molecule has 2 unspecified atom stereocenters. The summed E-state index contributed by atoms with van der Waals surface area (Å²) in [6, 6.07) is 10.6. The third kappa shape index (κ3) is 4.78. The highest BCUT2D eigenvalue weighted by Crippen LogP contribution is 2.47. The molecule has 0 amide bonds. The van der Waals surface area contributed by atoms with Crippen LogP contribution in [0, 0.1) is 20.8 Å². The molecule has 3 N–H and O–H groups in total. The molecule has 1 aliphatic carbocycles. The highest BCUT2D eigenvalue weighted by atomic mass is 16.5. The van der Waals surface area contributed by atoms with Gasteiger partial charge in [0, 0.05) is 29.3 Å². The molecule has 7 nitrogen and oxygen atoms in total. The zero-order valence-corrected chi connectivity index (χ0v) is 21.0. The molecule has 0 bridgehead atoms. The number of hydrogen-bond donors (Lipinski definition) is 3. The lowest BCUT2D eigenvalue weighted by Gasteiger charge is -2.37. The quantitative estimate of drug-likeness (QED) is 0.504. The van der Waals surface area contributed by atoms with Crippen molar-refractivity contribution in [1.29, 1.82) is 0 Å². The summed E-state index contributed by atoms with van der Waals surface area (Å²) in [7, 11) is 0. The Kier molecular flexibility index (Phi) is 7.02. The van der Waals surface area contributed by atoms with Gasteiger partial charge in [-0.2, -0.15) is 0 Å². The molecule has 2 atom stereocenters. The standard InChI is InChI=1S/C29H31NO6/c1-5-36-29(35)28-22(14-24(33)34)30-21-12-19(25-16(3)9-15(2)10-17(25)4)13-23(32)27(21)26(28)18-7-6-8-20(31)11-18/h6-11,19,26,30-31H,5,12-14H2,1-4H3,(H,33,34). The van der Waals surface area contributed by atoms with Crippen LogP contribution < -0.4 is 5.32 Å². The summed E-state index contributed by atoms with van der Waals surface area (Å²) in [6.45, 7) is 7.90. The first-order valence-electron chi connectivity index (χ1n) is 12.1. The Morgan fingerprint density at radius 2 is 1.78 bits per heavy atom. The fraction of sp³-hybridized carbons (Fsp3) is 0.345. The van der Waals surface area contributed by atoms with Crippen molar-refractivity contribution >= 4 is 17.7 Å². The molecule has 1 aliphatic heterocycles. The summed E-state index contributed by atoms with van der Waals surface area (Å²) in [5, 5.41) is 23.0. The zero-order valence-electron chi connectivity index (χ0n) is 21.0. The second kappa shape index (κ2) is 10.0. The number of dihydropyridines is 1. The van der Waals surface area contributed by atoms with Crippen molar-refractivity contribution in [1.82, 2.24) is 5.32 Å².